The molecule has 1 aromatic carbocycles. The molecule has 6 heteroatoms. The predicted molar refractivity (Wildman–Crippen MR) is 101 cm³/mol. The summed E-state index contributed by atoms with van der Waals surface area (Å²) in [6.07, 6.45) is 2.14. The smallest absolute Gasteiger partial charge is 0.263 e. The second kappa shape index (κ2) is 6.25. The molecule has 0 radical (unpaired) electrons. The van der Waals surface area contributed by atoms with Gasteiger partial charge in [0.1, 0.15) is 5.65 Å². The third kappa shape index (κ3) is 2.78. The van der Waals surface area contributed by atoms with Gasteiger partial charge < -0.3 is 4.90 Å². The van der Waals surface area contributed by atoms with Crippen LogP contribution in [-0.2, 0) is 13.0 Å². The van der Waals surface area contributed by atoms with Crippen molar-refractivity contribution in [2.75, 3.05) is 6.54 Å². The van der Waals surface area contributed by atoms with Crippen molar-refractivity contribution in [2.45, 2.75) is 26.8 Å². The molecule has 0 saturated heterocycles. The van der Waals surface area contributed by atoms with E-state index in [1.165, 1.54) is 4.40 Å². The summed E-state index contributed by atoms with van der Waals surface area (Å²) in [7, 11) is 0. The molecule has 0 aliphatic carbocycles. The fourth-order valence-electron chi connectivity index (χ4n) is 3.38. The number of aromatic nitrogens is 2. The SMILES string of the molecule is Cc1ccc(C)c(C(=O)N2CCc3nc4ccc(Cl)cn4c(=O)c3C2)c1. The third-order valence-electron chi connectivity index (χ3n) is 4.84. The summed E-state index contributed by atoms with van der Waals surface area (Å²) >= 11 is 6.01. The summed E-state index contributed by atoms with van der Waals surface area (Å²) in [5.41, 5.74) is 4.41. The third-order valence-corrected chi connectivity index (χ3v) is 5.07. The first-order valence-electron chi connectivity index (χ1n) is 8.50. The molecule has 0 fully saturated rings. The van der Waals surface area contributed by atoms with E-state index in [4.69, 9.17) is 11.6 Å². The molecular weight excluding hydrogens is 350 g/mol. The van der Waals surface area contributed by atoms with Crippen LogP contribution in [0.2, 0.25) is 5.02 Å². The van der Waals surface area contributed by atoms with Gasteiger partial charge in [-0.2, -0.15) is 0 Å². The molecular formula is C20H18ClN3O2. The molecule has 0 saturated carbocycles. The average Bonchev–Trinajstić information content (AvgIpc) is 2.64. The predicted octanol–water partition coefficient (Wildman–Crippen LogP) is 3.16. The van der Waals surface area contributed by atoms with Crippen LogP contribution in [0.3, 0.4) is 0 Å². The van der Waals surface area contributed by atoms with Crippen molar-refractivity contribution in [3.05, 3.63) is 79.9 Å². The van der Waals surface area contributed by atoms with E-state index in [9.17, 15) is 9.59 Å². The lowest BCUT2D eigenvalue weighted by atomic mass is 10.0. The van der Waals surface area contributed by atoms with Gasteiger partial charge in [0.15, 0.2) is 0 Å². The van der Waals surface area contributed by atoms with Crippen molar-refractivity contribution in [2.24, 2.45) is 0 Å². The number of hydrogen-bond donors (Lipinski definition) is 0. The fraction of sp³-hybridized carbons (Fsp3) is 0.250. The van der Waals surface area contributed by atoms with Crippen LogP contribution in [0.5, 0.6) is 0 Å². The van der Waals surface area contributed by atoms with Gasteiger partial charge in [-0.25, -0.2) is 4.98 Å². The van der Waals surface area contributed by atoms with Crippen LogP contribution in [-0.4, -0.2) is 26.7 Å². The molecule has 3 aromatic rings. The van der Waals surface area contributed by atoms with Gasteiger partial charge in [-0.3, -0.25) is 14.0 Å². The molecule has 5 nitrogen and oxygen atoms in total. The Morgan fingerprint density at radius 2 is 2.00 bits per heavy atom. The van der Waals surface area contributed by atoms with E-state index in [0.29, 0.717) is 34.8 Å². The molecule has 4 rings (SSSR count). The highest BCUT2D eigenvalue weighted by molar-refractivity contribution is 6.30. The minimum absolute atomic E-state index is 0.0487. The van der Waals surface area contributed by atoms with Gasteiger partial charge in [0.2, 0.25) is 0 Å². The van der Waals surface area contributed by atoms with E-state index >= 15 is 0 Å². The van der Waals surface area contributed by atoms with Crippen LogP contribution in [0, 0.1) is 13.8 Å². The van der Waals surface area contributed by atoms with Crippen LogP contribution < -0.4 is 5.56 Å². The van der Waals surface area contributed by atoms with E-state index in [2.05, 4.69) is 4.98 Å². The van der Waals surface area contributed by atoms with Crippen molar-refractivity contribution >= 4 is 23.2 Å². The largest absolute Gasteiger partial charge is 0.334 e. The number of nitrogens with zero attached hydrogens (tertiary/aromatic N) is 3. The monoisotopic (exact) mass is 367 g/mol. The number of benzene rings is 1. The molecule has 2 aromatic heterocycles. The molecule has 0 atom stereocenters. The molecule has 0 bridgehead atoms. The van der Waals surface area contributed by atoms with Gasteiger partial charge in [0.25, 0.3) is 11.5 Å². The maximum Gasteiger partial charge on any atom is 0.263 e. The standard InChI is InChI=1S/C20H18ClN3O2/c1-12-3-4-13(2)15(9-12)19(25)23-8-7-17-16(11-23)20(26)24-10-14(21)5-6-18(24)22-17/h3-6,9-10H,7-8,11H2,1-2H3. The van der Waals surface area contributed by atoms with Crippen molar-refractivity contribution in [3.63, 3.8) is 0 Å². The first kappa shape index (κ1) is 16.8. The highest BCUT2D eigenvalue weighted by Gasteiger charge is 2.26. The number of aryl methyl sites for hydroxylation is 2. The lowest BCUT2D eigenvalue weighted by molar-refractivity contribution is 0.0732. The van der Waals surface area contributed by atoms with Gasteiger partial charge in [-0.1, -0.05) is 29.3 Å². The van der Waals surface area contributed by atoms with E-state index in [1.807, 2.05) is 32.0 Å². The molecule has 1 amide bonds. The normalized spacial score (nSPS) is 13.7. The van der Waals surface area contributed by atoms with E-state index < -0.39 is 0 Å². The maximum atomic E-state index is 13.0. The van der Waals surface area contributed by atoms with Gasteiger partial charge in [-0.15, -0.1) is 0 Å². The van der Waals surface area contributed by atoms with Gasteiger partial charge in [0.05, 0.1) is 22.8 Å². The maximum absolute atomic E-state index is 13.0. The lowest BCUT2D eigenvalue weighted by Crippen LogP contribution is -2.40. The number of halogens is 1. The summed E-state index contributed by atoms with van der Waals surface area (Å²) in [4.78, 5) is 32.2. The Hall–Kier alpha value is -2.66. The number of fused-ring (bicyclic) bond motifs is 2. The summed E-state index contributed by atoms with van der Waals surface area (Å²) < 4.78 is 1.45. The Balaban J connectivity index is 1.74. The molecule has 0 unspecified atom stereocenters. The second-order valence-corrected chi connectivity index (χ2v) is 7.15. The molecule has 132 valence electrons. The van der Waals surface area contributed by atoms with E-state index in [1.54, 1.807) is 23.2 Å². The number of hydrogen-bond acceptors (Lipinski definition) is 3. The number of carbonyl (C=O) groups excluding carboxylic acids is 1. The first-order valence-corrected chi connectivity index (χ1v) is 8.88. The fourth-order valence-corrected chi connectivity index (χ4v) is 3.54. The first-order chi connectivity index (χ1) is 12.4. The number of amides is 1. The van der Waals surface area contributed by atoms with Crippen LogP contribution in [0.15, 0.2) is 41.3 Å². The molecule has 1 aliphatic rings. The second-order valence-electron chi connectivity index (χ2n) is 6.71. The number of pyridine rings is 1. The van der Waals surface area contributed by atoms with Crippen molar-refractivity contribution in [3.8, 4) is 0 Å². The van der Waals surface area contributed by atoms with Crippen LogP contribution in [0.25, 0.3) is 5.65 Å². The van der Waals surface area contributed by atoms with Crippen LogP contribution >= 0.6 is 11.6 Å². The number of carbonyl (C=O) groups is 1. The molecule has 3 heterocycles. The average molecular weight is 368 g/mol. The Labute approximate surface area is 155 Å². The summed E-state index contributed by atoms with van der Waals surface area (Å²) in [5.74, 6) is -0.0487. The highest BCUT2D eigenvalue weighted by atomic mass is 35.5. The molecule has 0 N–H and O–H groups in total. The summed E-state index contributed by atoms with van der Waals surface area (Å²) in [5, 5.41) is 0.473. The Kier molecular flexibility index (Phi) is 4.04. The minimum atomic E-state index is -0.161. The van der Waals surface area contributed by atoms with Crippen LogP contribution in [0.1, 0.15) is 32.7 Å². The lowest BCUT2D eigenvalue weighted by Gasteiger charge is -2.28. The minimum Gasteiger partial charge on any atom is -0.334 e. The van der Waals surface area contributed by atoms with E-state index in [0.717, 1.165) is 16.8 Å². The zero-order chi connectivity index (χ0) is 18.4. The van der Waals surface area contributed by atoms with Crippen molar-refractivity contribution in [1.82, 2.24) is 14.3 Å². The Morgan fingerprint density at radius 3 is 2.81 bits per heavy atom. The van der Waals surface area contributed by atoms with Crippen molar-refractivity contribution < 1.29 is 4.79 Å². The molecule has 26 heavy (non-hydrogen) atoms. The highest BCUT2D eigenvalue weighted by Crippen LogP contribution is 2.20. The number of rotatable bonds is 1. The van der Waals surface area contributed by atoms with Crippen LogP contribution in [0.4, 0.5) is 0 Å². The zero-order valence-corrected chi connectivity index (χ0v) is 15.4. The Bertz CT molecular complexity index is 1100. The molecule has 0 spiro atoms. The van der Waals surface area contributed by atoms with Gasteiger partial charge >= 0.3 is 0 Å². The summed E-state index contributed by atoms with van der Waals surface area (Å²) in [6.45, 7) is 4.71. The van der Waals surface area contributed by atoms with E-state index in [-0.39, 0.29) is 18.0 Å². The summed E-state index contributed by atoms with van der Waals surface area (Å²) in [6, 6.07) is 9.29. The molecule has 1 aliphatic heterocycles. The Morgan fingerprint density at radius 1 is 1.19 bits per heavy atom. The van der Waals surface area contributed by atoms with Gasteiger partial charge in [0, 0.05) is 24.7 Å². The van der Waals surface area contributed by atoms with Gasteiger partial charge in [-0.05, 0) is 37.6 Å². The topological polar surface area (TPSA) is 54.7 Å². The van der Waals surface area contributed by atoms with Crippen molar-refractivity contribution in [1.29, 1.82) is 0 Å². The zero-order valence-electron chi connectivity index (χ0n) is 14.6. The quantitative estimate of drug-likeness (QED) is 0.663.